The predicted molar refractivity (Wildman–Crippen MR) is 62.2 cm³/mol. The van der Waals surface area contributed by atoms with Crippen LogP contribution in [-0.2, 0) is 18.3 Å². The zero-order chi connectivity index (χ0) is 11.2. The summed E-state index contributed by atoms with van der Waals surface area (Å²) in [6, 6.07) is 2.04. The van der Waals surface area contributed by atoms with Crippen LogP contribution >= 0.6 is 0 Å². The van der Waals surface area contributed by atoms with Gasteiger partial charge in [0, 0.05) is 46.0 Å². The summed E-state index contributed by atoms with van der Waals surface area (Å²) in [4.78, 5) is 2.43. The van der Waals surface area contributed by atoms with Gasteiger partial charge in [-0.15, -0.1) is 0 Å². The summed E-state index contributed by atoms with van der Waals surface area (Å²) in [6.45, 7) is 6.89. The Morgan fingerprint density at radius 1 is 1.44 bits per heavy atom. The van der Waals surface area contributed by atoms with Crippen LogP contribution in [0.5, 0.6) is 0 Å². The number of hydrogen-bond donors (Lipinski definition) is 1. The number of nitrogens with zero attached hydrogens (tertiary/aromatic N) is 3. The van der Waals surface area contributed by atoms with E-state index in [2.05, 4.69) is 15.3 Å². The molecule has 2 heterocycles. The molecule has 1 aliphatic rings. The number of aryl methyl sites for hydroxylation is 1. The summed E-state index contributed by atoms with van der Waals surface area (Å²) in [5.41, 5.74) is 1.22. The minimum atomic E-state index is 0.877. The van der Waals surface area contributed by atoms with Gasteiger partial charge in [-0.3, -0.25) is 9.58 Å². The summed E-state index contributed by atoms with van der Waals surface area (Å²) >= 11 is 0. The Labute approximate surface area is 96.4 Å². The molecule has 90 valence electrons. The summed E-state index contributed by atoms with van der Waals surface area (Å²) in [6.07, 6.45) is 1.83. The lowest BCUT2D eigenvalue weighted by Gasteiger charge is -2.26. The molecule has 0 saturated carbocycles. The topological polar surface area (TPSA) is 42.3 Å². The van der Waals surface area contributed by atoms with Gasteiger partial charge < -0.3 is 10.1 Å². The molecule has 1 N–H and O–H groups in total. The molecule has 5 heteroatoms. The molecule has 0 aliphatic carbocycles. The molecule has 5 nitrogen and oxygen atoms in total. The lowest BCUT2D eigenvalue weighted by Crippen LogP contribution is -2.40. The number of nitrogens with one attached hydrogen (secondary N) is 1. The fourth-order valence-electron chi connectivity index (χ4n) is 1.85. The Balaban J connectivity index is 1.59. The molecule has 0 unspecified atom stereocenters. The first-order chi connectivity index (χ1) is 7.86. The zero-order valence-electron chi connectivity index (χ0n) is 9.85. The van der Waals surface area contributed by atoms with Crippen LogP contribution in [0.1, 0.15) is 5.69 Å². The van der Waals surface area contributed by atoms with Crippen molar-refractivity contribution in [3.8, 4) is 0 Å². The van der Waals surface area contributed by atoms with Crippen LogP contribution in [0, 0.1) is 0 Å². The Morgan fingerprint density at radius 2 is 2.25 bits per heavy atom. The molecule has 1 aliphatic heterocycles. The van der Waals surface area contributed by atoms with Gasteiger partial charge in [0.1, 0.15) is 0 Å². The van der Waals surface area contributed by atoms with Crippen molar-refractivity contribution in [1.82, 2.24) is 20.0 Å². The van der Waals surface area contributed by atoms with Gasteiger partial charge in [-0.2, -0.15) is 5.10 Å². The number of rotatable bonds is 5. The van der Waals surface area contributed by atoms with Crippen LogP contribution < -0.4 is 5.32 Å². The van der Waals surface area contributed by atoms with E-state index in [-0.39, 0.29) is 0 Å². The second-order valence-electron chi connectivity index (χ2n) is 4.08. The molecule has 2 rings (SSSR count). The maximum Gasteiger partial charge on any atom is 0.0594 e. The second-order valence-corrected chi connectivity index (χ2v) is 4.08. The highest BCUT2D eigenvalue weighted by Crippen LogP contribution is 1.96. The summed E-state index contributed by atoms with van der Waals surface area (Å²) < 4.78 is 7.21. The van der Waals surface area contributed by atoms with Gasteiger partial charge in [-0.05, 0) is 6.07 Å². The Kier molecular flexibility index (Phi) is 4.33. The van der Waals surface area contributed by atoms with E-state index in [1.54, 1.807) is 0 Å². The van der Waals surface area contributed by atoms with E-state index in [0.717, 1.165) is 45.9 Å². The average Bonchev–Trinajstić information content (AvgIpc) is 2.72. The molecule has 1 aromatic rings. The second kappa shape index (κ2) is 5.98. The van der Waals surface area contributed by atoms with Crippen LogP contribution in [0.3, 0.4) is 0 Å². The fourth-order valence-corrected chi connectivity index (χ4v) is 1.85. The number of aromatic nitrogens is 2. The largest absolute Gasteiger partial charge is 0.379 e. The number of morpholine rings is 1. The fraction of sp³-hybridized carbons (Fsp3) is 0.727. The zero-order valence-corrected chi connectivity index (χ0v) is 9.85. The molecule has 0 bridgehead atoms. The molecule has 0 spiro atoms. The summed E-state index contributed by atoms with van der Waals surface area (Å²) in [5.74, 6) is 0. The number of hydrogen-bond acceptors (Lipinski definition) is 4. The van der Waals surface area contributed by atoms with Gasteiger partial charge in [-0.25, -0.2) is 0 Å². The molecule has 0 radical (unpaired) electrons. The van der Waals surface area contributed by atoms with Gasteiger partial charge in [0.15, 0.2) is 0 Å². The molecule has 0 amide bonds. The SMILES string of the molecule is Cn1nccc1CNCCN1CCOCC1. The number of ether oxygens (including phenoxy) is 1. The molecule has 1 saturated heterocycles. The van der Waals surface area contributed by atoms with Gasteiger partial charge >= 0.3 is 0 Å². The maximum atomic E-state index is 5.31. The summed E-state index contributed by atoms with van der Waals surface area (Å²) in [5, 5.41) is 7.57. The van der Waals surface area contributed by atoms with Gasteiger partial charge in [0.2, 0.25) is 0 Å². The van der Waals surface area contributed by atoms with Crippen molar-refractivity contribution in [3.05, 3.63) is 18.0 Å². The summed E-state index contributed by atoms with van der Waals surface area (Å²) in [7, 11) is 1.97. The van der Waals surface area contributed by atoms with E-state index >= 15 is 0 Å². The molecular weight excluding hydrogens is 204 g/mol. The Morgan fingerprint density at radius 3 is 2.94 bits per heavy atom. The molecule has 0 aromatic carbocycles. The maximum absolute atomic E-state index is 5.31. The van der Waals surface area contributed by atoms with Gasteiger partial charge in [0.05, 0.1) is 18.9 Å². The third-order valence-corrected chi connectivity index (χ3v) is 2.94. The molecule has 1 fully saturated rings. The van der Waals surface area contributed by atoms with Crippen molar-refractivity contribution < 1.29 is 4.74 Å². The van der Waals surface area contributed by atoms with E-state index in [9.17, 15) is 0 Å². The van der Waals surface area contributed by atoms with Crippen molar-refractivity contribution in [2.24, 2.45) is 7.05 Å². The standard InChI is InChI=1S/C11H20N4O/c1-14-11(2-3-13-14)10-12-4-5-15-6-8-16-9-7-15/h2-3,12H,4-10H2,1H3. The predicted octanol–water partition coefficient (Wildman–Crippen LogP) is -0.158. The van der Waals surface area contributed by atoms with E-state index in [1.165, 1.54) is 5.69 Å². The van der Waals surface area contributed by atoms with Crippen LogP contribution in [-0.4, -0.2) is 54.1 Å². The quantitative estimate of drug-likeness (QED) is 0.706. The Hall–Kier alpha value is -0.910. The van der Waals surface area contributed by atoms with Crippen molar-refractivity contribution in [3.63, 3.8) is 0 Å². The smallest absolute Gasteiger partial charge is 0.0594 e. The molecule has 1 aromatic heterocycles. The highest BCUT2D eigenvalue weighted by molar-refractivity contribution is 4.98. The highest BCUT2D eigenvalue weighted by Gasteiger charge is 2.08. The lowest BCUT2D eigenvalue weighted by molar-refractivity contribution is 0.0384. The Bertz CT molecular complexity index is 307. The minimum Gasteiger partial charge on any atom is -0.379 e. The van der Waals surface area contributed by atoms with E-state index in [1.807, 2.05) is 24.0 Å². The highest BCUT2D eigenvalue weighted by atomic mass is 16.5. The van der Waals surface area contributed by atoms with Crippen molar-refractivity contribution in [2.45, 2.75) is 6.54 Å². The third kappa shape index (κ3) is 3.30. The molecule has 0 atom stereocenters. The van der Waals surface area contributed by atoms with Crippen molar-refractivity contribution in [1.29, 1.82) is 0 Å². The molecule has 16 heavy (non-hydrogen) atoms. The average molecular weight is 224 g/mol. The molecular formula is C11H20N4O. The normalized spacial score (nSPS) is 17.8. The van der Waals surface area contributed by atoms with E-state index in [0.29, 0.717) is 0 Å². The first-order valence-corrected chi connectivity index (χ1v) is 5.84. The van der Waals surface area contributed by atoms with Crippen LogP contribution in [0.2, 0.25) is 0 Å². The van der Waals surface area contributed by atoms with Crippen molar-refractivity contribution in [2.75, 3.05) is 39.4 Å². The van der Waals surface area contributed by atoms with Crippen LogP contribution in [0.15, 0.2) is 12.3 Å². The van der Waals surface area contributed by atoms with Gasteiger partial charge in [0.25, 0.3) is 0 Å². The van der Waals surface area contributed by atoms with Crippen LogP contribution in [0.4, 0.5) is 0 Å². The van der Waals surface area contributed by atoms with Crippen LogP contribution in [0.25, 0.3) is 0 Å². The third-order valence-electron chi connectivity index (χ3n) is 2.94. The first kappa shape index (κ1) is 11.6. The van der Waals surface area contributed by atoms with E-state index < -0.39 is 0 Å². The minimum absolute atomic E-state index is 0.877. The van der Waals surface area contributed by atoms with Gasteiger partial charge in [-0.1, -0.05) is 0 Å². The first-order valence-electron chi connectivity index (χ1n) is 5.84. The van der Waals surface area contributed by atoms with E-state index in [4.69, 9.17) is 4.74 Å². The monoisotopic (exact) mass is 224 g/mol. The lowest BCUT2D eigenvalue weighted by atomic mass is 10.4. The van der Waals surface area contributed by atoms with Crippen molar-refractivity contribution >= 4 is 0 Å².